The Morgan fingerprint density at radius 3 is 0.552 bits per heavy atom. The van der Waals surface area contributed by atoms with Gasteiger partial charge >= 0.3 is 381 Å². The van der Waals surface area contributed by atoms with Crippen molar-refractivity contribution >= 4 is 25.7 Å². The number of nitrogens with zero attached hydrogens (tertiary/aromatic N) is 1. The maximum absolute atomic E-state index is 16.2. The summed E-state index contributed by atoms with van der Waals surface area (Å²) >= 11 is -15.7. The number of aliphatic imine (C=N–C) groups is 1. The molecule has 0 amide bonds. The average Bonchev–Trinajstić information content (AvgIpc) is 3.27. The molecule has 1 aromatic carbocycles. The first-order valence-corrected chi connectivity index (χ1v) is 23.3. The molecule has 0 heterocycles. The smallest absolute Gasteiger partial charge is 0.186 e. The molecule has 0 aromatic heterocycles. The number of hydrogen-bond donors (Lipinski definition) is 2. The van der Waals surface area contributed by atoms with Gasteiger partial charge in [0.25, 0.3) is 0 Å². The Labute approximate surface area is 445 Å². The molecule has 4 N–H and O–H groups in total. The van der Waals surface area contributed by atoms with Crippen LogP contribution in [0.25, 0.3) is 0 Å². The van der Waals surface area contributed by atoms with E-state index in [0.29, 0.717) is 6.54 Å². The van der Waals surface area contributed by atoms with Gasteiger partial charge < -0.3 is 11.5 Å². The summed E-state index contributed by atoms with van der Waals surface area (Å²) in [6.45, 7) is 0.559. The molecule has 0 bridgehead atoms. The molecule has 0 saturated carbocycles. The van der Waals surface area contributed by atoms with Crippen molar-refractivity contribution in [3.63, 3.8) is 0 Å². The molecule has 0 aliphatic rings. The Morgan fingerprint density at radius 1 is 0.241 bits per heavy atom. The van der Waals surface area contributed by atoms with E-state index in [1.807, 2.05) is 30.3 Å². The van der Waals surface area contributed by atoms with Crippen LogP contribution in [0.2, 0.25) is 0 Å². The van der Waals surface area contributed by atoms with Gasteiger partial charge in [-0.05, 0) is 5.56 Å². The number of benzene rings is 1. The van der Waals surface area contributed by atoms with Crippen molar-refractivity contribution in [1.29, 1.82) is 0 Å². The van der Waals surface area contributed by atoms with Crippen molar-refractivity contribution in [2.24, 2.45) is 16.5 Å². The minimum absolute atomic E-state index is 0.133. The van der Waals surface area contributed by atoms with Crippen molar-refractivity contribution in [3.8, 4) is 0 Å². The van der Waals surface area contributed by atoms with Gasteiger partial charge in [-0.15, -0.1) is 0 Å². The van der Waals surface area contributed by atoms with E-state index in [9.17, 15) is 184 Å². The van der Waals surface area contributed by atoms with Crippen molar-refractivity contribution in [1.82, 2.24) is 0 Å². The summed E-state index contributed by atoms with van der Waals surface area (Å²) in [7, 11) is 0. The van der Waals surface area contributed by atoms with Crippen LogP contribution in [0.1, 0.15) is 5.56 Å². The normalized spacial score (nSPS) is 18.1. The van der Waals surface area contributed by atoms with Gasteiger partial charge in [-0.25, -0.2) is 4.99 Å². The van der Waals surface area contributed by atoms with E-state index in [-0.39, 0.29) is 5.96 Å². The summed E-state index contributed by atoms with van der Waals surface area (Å²) in [5.41, 5.74) is 11.4. The average molecular weight is 1530 g/mol. The van der Waals surface area contributed by atoms with E-state index in [2.05, 4.69) is 4.99 Å². The Balaban J connectivity index is 0.00000599. The number of alkyl halides is 51. The van der Waals surface area contributed by atoms with E-state index < -0.39 is 157 Å². The van der Waals surface area contributed by atoms with E-state index in [1.165, 1.54) is 0 Å². The SMILES string of the molecule is FC(F)(F)C(F)(F)C(F)(F)C(F)(F)C(F)(F)C(F)(F)[C](F)([Sn]([C](F)(C(F)(F)F)C(F)(F)C(F)(F)C(F)(F)C(F)(F)C(F)(F)C(F)(F)F)[C](F)(C(F)(F)F)C(F)(F)C(F)(F)C(F)(F)C(F)(F)C(F)(F)C(F)(F)F)C(F)(F)F.NC(N)=NCc1ccccc1. The van der Waals surface area contributed by atoms with Gasteiger partial charge in [0.15, 0.2) is 5.96 Å². The molecule has 0 aliphatic carbocycles. The quantitative estimate of drug-likeness (QED) is 0.0591. The summed E-state index contributed by atoms with van der Waals surface area (Å²) in [6.07, 6.45) is -61.4. The van der Waals surface area contributed by atoms with Gasteiger partial charge in [0.1, 0.15) is 0 Å². The van der Waals surface area contributed by atoms with Gasteiger partial charge in [0, 0.05) is 0 Å². The molecule has 515 valence electrons. The van der Waals surface area contributed by atoms with Crippen LogP contribution in [0.4, 0.5) is 224 Å². The predicted octanol–water partition coefficient (Wildman–Crippen LogP) is 16.6. The van der Waals surface area contributed by atoms with Crippen LogP contribution in [0.5, 0.6) is 0 Å². The number of hydrogen-bond acceptors (Lipinski definition) is 1. The van der Waals surface area contributed by atoms with Crippen LogP contribution >= 0.6 is 0 Å². The molecule has 3 atom stereocenters. The van der Waals surface area contributed by atoms with Gasteiger partial charge in [0.2, 0.25) is 0 Å². The van der Waals surface area contributed by atoms with Crippen molar-refractivity contribution in [2.75, 3.05) is 0 Å². The second-order valence-electron chi connectivity index (χ2n) is 16.2. The molecule has 55 heteroatoms. The zero-order chi connectivity index (χ0) is 71.7. The number of halogens is 51. The Morgan fingerprint density at radius 2 is 0.402 bits per heavy atom. The molecule has 0 spiro atoms. The second-order valence-corrected chi connectivity index (χ2v) is 24.2. The predicted molar refractivity (Wildman–Crippen MR) is 174 cm³/mol. The maximum Gasteiger partial charge on any atom is 0.186 e. The van der Waals surface area contributed by atoms with E-state index in [0.717, 1.165) is 5.56 Å². The zero-order valence-corrected chi connectivity index (χ0v) is 40.8. The third-order valence-corrected chi connectivity index (χ3v) is 21.6. The summed E-state index contributed by atoms with van der Waals surface area (Å²) in [5.74, 6) is -164. The first kappa shape index (κ1) is 82.7. The number of nitrogens with two attached hydrogens (primary N) is 2. The first-order chi connectivity index (χ1) is 36.9. The summed E-state index contributed by atoms with van der Waals surface area (Å²) in [6, 6.07) is 9.83. The minimum Gasteiger partial charge on any atom is -0.370 e. The fourth-order valence-electron chi connectivity index (χ4n) is 5.87. The summed E-state index contributed by atoms with van der Waals surface area (Å²) in [5, 5.41) is 0. The van der Waals surface area contributed by atoms with E-state index >= 15 is 39.5 Å². The number of guanidine groups is 1. The Kier molecular flexibility index (Phi) is 20.9. The molecule has 3 nitrogen and oxygen atoms in total. The molecule has 1 rings (SSSR count). The van der Waals surface area contributed by atoms with Gasteiger partial charge in [-0.3, -0.25) is 0 Å². The molecule has 1 aromatic rings. The molecule has 0 fully saturated rings. The van der Waals surface area contributed by atoms with Crippen LogP contribution in [0, 0.1) is 0 Å². The van der Waals surface area contributed by atoms with Gasteiger partial charge in [-0.2, -0.15) is 0 Å². The van der Waals surface area contributed by atoms with Crippen LogP contribution in [0.3, 0.4) is 0 Å². The molecule has 0 aliphatic heterocycles. The zero-order valence-electron chi connectivity index (χ0n) is 38.0. The van der Waals surface area contributed by atoms with Crippen LogP contribution in [-0.2, 0) is 6.54 Å². The van der Waals surface area contributed by atoms with Crippen molar-refractivity contribution in [2.45, 2.75) is 143 Å². The molecular weight excluding hydrogens is 1510 g/mol. The number of rotatable bonds is 20. The van der Waals surface area contributed by atoms with E-state index in [1.54, 1.807) is 0 Å². The summed E-state index contributed by atoms with van der Waals surface area (Å²) < 4.78 is 680. The molecular formula is C32H11F51N3Sn. The van der Waals surface area contributed by atoms with E-state index in [4.69, 9.17) is 11.5 Å². The minimum atomic E-state index is -15.7. The largest absolute Gasteiger partial charge is 0.370 e. The second kappa shape index (κ2) is 22.0. The van der Waals surface area contributed by atoms with Gasteiger partial charge in [0.05, 0.1) is 6.54 Å². The molecule has 0 saturated heterocycles. The third-order valence-electron chi connectivity index (χ3n) is 10.6. The maximum atomic E-state index is 16.2. The van der Waals surface area contributed by atoms with Crippen LogP contribution in [0.15, 0.2) is 35.3 Å². The Hall–Kier alpha value is -4.28. The third kappa shape index (κ3) is 11.2. The fraction of sp³-hybridized carbons (Fsp3) is 0.781. The molecule has 87 heavy (non-hydrogen) atoms. The molecule has 1 radical (unpaired) electrons. The van der Waals surface area contributed by atoms with Crippen LogP contribution < -0.4 is 11.5 Å². The Bertz CT molecular complexity index is 2320. The fourth-order valence-corrected chi connectivity index (χ4v) is 16.4. The van der Waals surface area contributed by atoms with Gasteiger partial charge in [-0.1, -0.05) is 30.3 Å². The topological polar surface area (TPSA) is 64.4 Å². The first-order valence-electron chi connectivity index (χ1n) is 19.0. The van der Waals surface area contributed by atoms with Crippen LogP contribution in [-0.4, -0.2) is 163 Å². The monoisotopic (exact) mass is 1530 g/mol. The standard InChI is InChI=1S/3C8F17.C8H11N3.Sn/c3*9-1(3(12,13)14)2(10,11)4(15,16)5(17,18)6(19,20)7(21,22)8(23,24)25;9-8(10)11-6-7-4-2-1-3-5-7;/h;;;1-5H,6H2,(H4,9,10,11);. The van der Waals surface area contributed by atoms with Crippen molar-refractivity contribution in [3.05, 3.63) is 35.9 Å². The summed E-state index contributed by atoms with van der Waals surface area (Å²) in [4.78, 5) is 3.87. The molecule has 3 unspecified atom stereocenters. The van der Waals surface area contributed by atoms with Crippen molar-refractivity contribution < 1.29 is 224 Å².